The lowest BCUT2D eigenvalue weighted by atomic mass is 9.64. The molecule has 0 unspecified atom stereocenters. The second-order valence-corrected chi connectivity index (χ2v) is 11.0. The van der Waals surface area contributed by atoms with Crippen LogP contribution in [0.4, 0.5) is 15.8 Å². The number of para-hydroxylation sites is 2. The molecule has 0 bridgehead atoms. The van der Waals surface area contributed by atoms with E-state index in [9.17, 15) is 18.8 Å². The molecule has 0 saturated carbocycles. The van der Waals surface area contributed by atoms with Crippen LogP contribution in [-0.4, -0.2) is 36.7 Å². The number of nitrogens with zero attached hydrogens (tertiary/aromatic N) is 1. The number of hydrogen-bond donors (Lipinski definition) is 1. The number of hydrogen-bond acceptors (Lipinski definition) is 5. The van der Waals surface area contributed by atoms with Gasteiger partial charge in [-0.1, -0.05) is 54.6 Å². The smallest absolute Gasteiger partial charge is 0.238 e. The maximum atomic E-state index is 14.8. The first-order valence-electron chi connectivity index (χ1n) is 13.8. The zero-order chi connectivity index (χ0) is 29.2. The summed E-state index contributed by atoms with van der Waals surface area (Å²) < 4.78 is 19.4. The largest absolute Gasteiger partial charge is 0.497 e. The fraction of sp³-hybridized carbons (Fsp3) is 0.171. The second-order valence-electron chi connectivity index (χ2n) is 11.0. The van der Waals surface area contributed by atoms with Gasteiger partial charge in [0.2, 0.25) is 5.91 Å². The highest BCUT2D eigenvalue weighted by molar-refractivity contribution is 6.18. The highest BCUT2D eigenvalue weighted by atomic mass is 19.1. The van der Waals surface area contributed by atoms with Crippen LogP contribution in [0.25, 0.3) is 5.57 Å². The Kier molecular flexibility index (Phi) is 5.87. The van der Waals surface area contributed by atoms with Gasteiger partial charge in [0, 0.05) is 28.1 Å². The van der Waals surface area contributed by atoms with E-state index in [4.69, 9.17) is 4.74 Å². The highest BCUT2D eigenvalue weighted by Gasteiger charge is 2.70. The van der Waals surface area contributed by atoms with Crippen LogP contribution in [0.1, 0.15) is 38.8 Å². The first kappa shape index (κ1) is 25.9. The summed E-state index contributed by atoms with van der Waals surface area (Å²) in [6.45, 7) is 1.98. The molecule has 1 fully saturated rings. The van der Waals surface area contributed by atoms with Crippen LogP contribution in [0.3, 0.4) is 0 Å². The predicted octanol–water partition coefficient (Wildman–Crippen LogP) is 6.08. The minimum absolute atomic E-state index is 0.232. The van der Waals surface area contributed by atoms with E-state index < -0.39 is 35.0 Å². The molecule has 1 amide bonds. The number of carbonyl (C=O) groups is 3. The van der Waals surface area contributed by atoms with Crippen LogP contribution in [0.15, 0.2) is 103 Å². The third-order valence-corrected chi connectivity index (χ3v) is 8.92. The third-order valence-electron chi connectivity index (χ3n) is 8.92. The first-order chi connectivity index (χ1) is 20.4. The monoisotopic (exact) mass is 558 g/mol. The van der Waals surface area contributed by atoms with Crippen molar-refractivity contribution >= 4 is 34.4 Å². The van der Waals surface area contributed by atoms with Crippen molar-refractivity contribution in [3.8, 4) is 5.75 Å². The Bertz CT molecular complexity index is 1810. The zero-order valence-electron chi connectivity index (χ0n) is 23.0. The van der Waals surface area contributed by atoms with Crippen molar-refractivity contribution in [1.29, 1.82) is 0 Å². The minimum Gasteiger partial charge on any atom is -0.497 e. The average molecular weight is 559 g/mol. The molecule has 0 aliphatic carbocycles. The standard InChI is InChI=1S/C35H27FN2O4/c1-20-18-29-35(26-11-4-5-12-27(26)37-34(35)41)30(32(39)21-14-16-23(36)17-15-21)31(38(29)28-13-6-3-10-25(20)28)33(40)22-8-7-9-24(19-22)42-2/h3-19,29-31H,1-2H3,(H,37,41)/t29-,30-,31+,35-/m0/s1. The molecule has 0 aromatic heterocycles. The van der Waals surface area contributed by atoms with Gasteiger partial charge in [-0.3, -0.25) is 14.4 Å². The lowest BCUT2D eigenvalue weighted by molar-refractivity contribution is -0.121. The van der Waals surface area contributed by atoms with Crippen LogP contribution in [0.2, 0.25) is 0 Å². The van der Waals surface area contributed by atoms with Crippen LogP contribution in [-0.2, 0) is 10.2 Å². The van der Waals surface area contributed by atoms with Crippen molar-refractivity contribution in [3.05, 3.63) is 131 Å². The maximum Gasteiger partial charge on any atom is 0.238 e. The summed E-state index contributed by atoms with van der Waals surface area (Å²) in [5, 5.41) is 3.03. The second kappa shape index (κ2) is 9.52. The van der Waals surface area contributed by atoms with E-state index in [0.29, 0.717) is 22.6 Å². The molecular weight excluding hydrogens is 531 g/mol. The summed E-state index contributed by atoms with van der Waals surface area (Å²) >= 11 is 0. The number of fused-ring (bicyclic) bond motifs is 6. The van der Waals surface area contributed by atoms with Crippen molar-refractivity contribution in [3.63, 3.8) is 0 Å². The van der Waals surface area contributed by atoms with E-state index in [1.807, 2.05) is 66.4 Å². The summed E-state index contributed by atoms with van der Waals surface area (Å²) in [6, 6.07) is 25.5. The molecule has 4 aromatic carbocycles. The molecule has 7 rings (SSSR count). The lowest BCUT2D eigenvalue weighted by Crippen LogP contribution is -2.51. The summed E-state index contributed by atoms with van der Waals surface area (Å²) in [5.74, 6) is -2.16. The van der Waals surface area contributed by atoms with E-state index >= 15 is 0 Å². The lowest BCUT2D eigenvalue weighted by Gasteiger charge is -2.39. The van der Waals surface area contributed by atoms with Gasteiger partial charge in [-0.15, -0.1) is 0 Å². The van der Waals surface area contributed by atoms with E-state index in [0.717, 1.165) is 16.8 Å². The van der Waals surface area contributed by atoms with Crippen molar-refractivity contribution < 1.29 is 23.5 Å². The molecule has 42 heavy (non-hydrogen) atoms. The van der Waals surface area contributed by atoms with Crippen molar-refractivity contribution in [2.24, 2.45) is 5.92 Å². The van der Waals surface area contributed by atoms with Crippen LogP contribution >= 0.6 is 0 Å². The van der Waals surface area contributed by atoms with Gasteiger partial charge in [0.05, 0.1) is 19.1 Å². The molecule has 4 aromatic rings. The Labute approximate surface area is 242 Å². The van der Waals surface area contributed by atoms with Crippen molar-refractivity contribution in [1.82, 2.24) is 0 Å². The first-order valence-corrected chi connectivity index (χ1v) is 13.8. The van der Waals surface area contributed by atoms with E-state index in [1.165, 1.54) is 31.4 Å². The molecule has 3 aliphatic rings. The summed E-state index contributed by atoms with van der Waals surface area (Å²) in [6.07, 6.45) is 2.01. The van der Waals surface area contributed by atoms with Gasteiger partial charge in [-0.25, -0.2) is 4.39 Å². The number of carbonyl (C=O) groups excluding carboxylic acids is 3. The van der Waals surface area contributed by atoms with Gasteiger partial charge in [-0.2, -0.15) is 0 Å². The van der Waals surface area contributed by atoms with Crippen LogP contribution in [0.5, 0.6) is 5.75 Å². The molecule has 0 radical (unpaired) electrons. The average Bonchev–Trinajstić information content (AvgIpc) is 3.49. The number of Topliss-reactive ketones (excluding diaryl/α,β-unsaturated/α-hetero) is 2. The SMILES string of the molecule is COc1cccc(C(=O)[C@H]2[C@@H](C(=O)c3ccc(F)cc3)[C@@]3(C(=O)Nc4ccccc43)[C@@H]3C=C(C)c4ccccc4N32)c1. The van der Waals surface area contributed by atoms with Gasteiger partial charge in [0.15, 0.2) is 11.6 Å². The number of nitrogens with one attached hydrogen (secondary N) is 1. The van der Waals surface area contributed by atoms with Gasteiger partial charge in [-0.05, 0) is 66.6 Å². The van der Waals surface area contributed by atoms with Crippen molar-refractivity contribution in [2.45, 2.75) is 24.4 Å². The van der Waals surface area contributed by atoms with Gasteiger partial charge in [0.1, 0.15) is 23.0 Å². The van der Waals surface area contributed by atoms with E-state index in [2.05, 4.69) is 5.32 Å². The number of ketones is 2. The number of amides is 1. The Morgan fingerprint density at radius 3 is 2.40 bits per heavy atom. The number of ether oxygens (including phenoxy) is 1. The summed E-state index contributed by atoms with van der Waals surface area (Å²) in [5.41, 5.74) is 3.08. The number of anilines is 2. The summed E-state index contributed by atoms with van der Waals surface area (Å²) in [7, 11) is 1.53. The van der Waals surface area contributed by atoms with Crippen LogP contribution in [0, 0.1) is 11.7 Å². The molecule has 3 aliphatic heterocycles. The highest BCUT2D eigenvalue weighted by Crippen LogP contribution is 2.58. The number of rotatable bonds is 5. The fourth-order valence-corrected chi connectivity index (χ4v) is 7.13. The maximum absolute atomic E-state index is 14.8. The third kappa shape index (κ3) is 3.52. The predicted molar refractivity (Wildman–Crippen MR) is 158 cm³/mol. The normalized spacial score (nSPS) is 23.5. The van der Waals surface area contributed by atoms with Gasteiger partial charge >= 0.3 is 0 Å². The molecule has 7 heteroatoms. The van der Waals surface area contributed by atoms with E-state index in [-0.39, 0.29) is 17.3 Å². The Morgan fingerprint density at radius 2 is 1.62 bits per heavy atom. The number of halogens is 1. The molecule has 4 atom stereocenters. The van der Waals surface area contributed by atoms with Crippen LogP contribution < -0.4 is 15.0 Å². The molecular formula is C35H27FN2O4. The number of benzene rings is 4. The molecule has 1 N–H and O–H groups in total. The molecule has 1 saturated heterocycles. The molecule has 3 heterocycles. The van der Waals surface area contributed by atoms with Crippen molar-refractivity contribution in [2.75, 3.05) is 17.3 Å². The molecule has 1 spiro atoms. The molecule has 208 valence electrons. The zero-order valence-corrected chi connectivity index (χ0v) is 23.0. The Balaban J connectivity index is 1.55. The fourth-order valence-electron chi connectivity index (χ4n) is 7.13. The molecule has 6 nitrogen and oxygen atoms in total. The Morgan fingerprint density at radius 1 is 0.881 bits per heavy atom. The van der Waals surface area contributed by atoms with E-state index in [1.54, 1.807) is 24.3 Å². The van der Waals surface area contributed by atoms with Gasteiger partial charge in [0.25, 0.3) is 0 Å². The van der Waals surface area contributed by atoms with Gasteiger partial charge < -0.3 is 15.0 Å². The summed E-state index contributed by atoms with van der Waals surface area (Å²) in [4.78, 5) is 45.9. The quantitative estimate of drug-likeness (QED) is 0.301. The Hall–Kier alpha value is -5.04. The minimum atomic E-state index is -1.43. The topological polar surface area (TPSA) is 75.7 Å². The number of methoxy groups -OCH3 is 1. The number of allylic oxidation sites excluding steroid dienone is 1.